The molecule has 0 bridgehead atoms. The molecular weight excluding hydrogens is 286 g/mol. The molecule has 0 aliphatic rings. The van der Waals surface area contributed by atoms with Crippen LogP contribution in [0.5, 0.6) is 11.5 Å². The minimum atomic E-state index is 0.698. The van der Waals surface area contributed by atoms with Gasteiger partial charge in [-0.25, -0.2) is 4.98 Å². The summed E-state index contributed by atoms with van der Waals surface area (Å²) < 4.78 is 10.5. The highest BCUT2D eigenvalue weighted by Gasteiger charge is 2.06. The molecule has 2 N–H and O–H groups in total. The van der Waals surface area contributed by atoms with Crippen LogP contribution in [0.15, 0.2) is 23.6 Å². The minimum Gasteiger partial charge on any atom is -0.493 e. The van der Waals surface area contributed by atoms with Crippen molar-refractivity contribution in [2.75, 3.05) is 26.1 Å². The Morgan fingerprint density at radius 2 is 2.00 bits per heavy atom. The van der Waals surface area contributed by atoms with Crippen LogP contribution >= 0.6 is 11.3 Å². The molecule has 0 spiro atoms. The van der Waals surface area contributed by atoms with Gasteiger partial charge in [-0.3, -0.25) is 0 Å². The maximum absolute atomic E-state index is 5.29. The van der Waals surface area contributed by atoms with Crippen LogP contribution in [0.1, 0.15) is 19.0 Å². The maximum Gasteiger partial charge on any atom is 0.187 e. The molecule has 6 heteroatoms. The molecule has 0 amide bonds. The highest BCUT2D eigenvalue weighted by atomic mass is 32.1. The molecule has 2 aromatic rings. The SMILES string of the molecule is CCCNCc1csc(Nc2ccc(OC)c(OC)c2)n1. The lowest BCUT2D eigenvalue weighted by molar-refractivity contribution is 0.355. The van der Waals surface area contributed by atoms with E-state index in [-0.39, 0.29) is 0 Å². The van der Waals surface area contributed by atoms with Crippen molar-refractivity contribution in [3.8, 4) is 11.5 Å². The Morgan fingerprint density at radius 3 is 2.71 bits per heavy atom. The molecule has 114 valence electrons. The number of benzene rings is 1. The second-order valence-electron chi connectivity index (χ2n) is 4.52. The Balaban J connectivity index is 2.01. The number of rotatable bonds is 8. The van der Waals surface area contributed by atoms with Crippen LogP contribution < -0.4 is 20.1 Å². The predicted octanol–water partition coefficient (Wildman–Crippen LogP) is 3.40. The van der Waals surface area contributed by atoms with E-state index in [0.717, 1.165) is 36.0 Å². The number of hydrogen-bond acceptors (Lipinski definition) is 6. The minimum absolute atomic E-state index is 0.698. The molecule has 0 unspecified atom stereocenters. The summed E-state index contributed by atoms with van der Waals surface area (Å²) in [6.45, 7) is 3.96. The fraction of sp³-hybridized carbons (Fsp3) is 0.400. The summed E-state index contributed by atoms with van der Waals surface area (Å²) in [6, 6.07) is 5.71. The number of methoxy groups -OCH3 is 2. The van der Waals surface area contributed by atoms with Crippen molar-refractivity contribution in [3.05, 3.63) is 29.3 Å². The van der Waals surface area contributed by atoms with Gasteiger partial charge in [-0.05, 0) is 25.1 Å². The first kappa shape index (κ1) is 15.6. The predicted molar refractivity (Wildman–Crippen MR) is 86.9 cm³/mol. The van der Waals surface area contributed by atoms with Crippen LogP contribution in [0.4, 0.5) is 10.8 Å². The summed E-state index contributed by atoms with van der Waals surface area (Å²) in [4.78, 5) is 4.55. The number of ether oxygens (including phenoxy) is 2. The zero-order valence-corrected chi connectivity index (χ0v) is 13.4. The molecule has 0 fully saturated rings. The summed E-state index contributed by atoms with van der Waals surface area (Å²) >= 11 is 1.59. The van der Waals surface area contributed by atoms with E-state index in [1.807, 2.05) is 18.2 Å². The number of nitrogens with one attached hydrogen (secondary N) is 2. The van der Waals surface area contributed by atoms with E-state index >= 15 is 0 Å². The summed E-state index contributed by atoms with van der Waals surface area (Å²) in [6.07, 6.45) is 1.13. The Hall–Kier alpha value is -1.79. The van der Waals surface area contributed by atoms with Crippen molar-refractivity contribution in [1.82, 2.24) is 10.3 Å². The second kappa shape index (κ2) is 7.85. The topological polar surface area (TPSA) is 55.4 Å². The Kier molecular flexibility index (Phi) is 5.83. The molecular formula is C15H21N3O2S. The van der Waals surface area contributed by atoms with Crippen molar-refractivity contribution < 1.29 is 9.47 Å². The van der Waals surface area contributed by atoms with Gasteiger partial charge in [0.25, 0.3) is 0 Å². The van der Waals surface area contributed by atoms with Gasteiger partial charge in [0.05, 0.1) is 19.9 Å². The van der Waals surface area contributed by atoms with Crippen LogP contribution in [0, 0.1) is 0 Å². The first-order valence-corrected chi connectivity index (χ1v) is 7.79. The monoisotopic (exact) mass is 307 g/mol. The van der Waals surface area contributed by atoms with E-state index < -0.39 is 0 Å². The molecule has 2 rings (SSSR count). The lowest BCUT2D eigenvalue weighted by atomic mass is 10.3. The second-order valence-corrected chi connectivity index (χ2v) is 5.37. The van der Waals surface area contributed by atoms with Gasteiger partial charge in [0.1, 0.15) is 0 Å². The highest BCUT2D eigenvalue weighted by Crippen LogP contribution is 2.31. The number of nitrogens with zero attached hydrogens (tertiary/aromatic N) is 1. The third-order valence-corrected chi connectivity index (χ3v) is 3.73. The lowest BCUT2D eigenvalue weighted by Gasteiger charge is -2.09. The summed E-state index contributed by atoms with van der Waals surface area (Å²) in [5.41, 5.74) is 1.98. The lowest BCUT2D eigenvalue weighted by Crippen LogP contribution is -2.13. The van der Waals surface area contributed by atoms with Gasteiger partial charge in [-0.15, -0.1) is 11.3 Å². The van der Waals surface area contributed by atoms with E-state index in [9.17, 15) is 0 Å². The van der Waals surface area contributed by atoms with Gasteiger partial charge >= 0.3 is 0 Å². The highest BCUT2D eigenvalue weighted by molar-refractivity contribution is 7.13. The van der Waals surface area contributed by atoms with Gasteiger partial charge in [-0.2, -0.15) is 0 Å². The quantitative estimate of drug-likeness (QED) is 0.732. The molecule has 0 aliphatic carbocycles. The first-order valence-electron chi connectivity index (χ1n) is 6.91. The van der Waals surface area contributed by atoms with Crippen LogP contribution in [-0.4, -0.2) is 25.7 Å². The Morgan fingerprint density at radius 1 is 1.19 bits per heavy atom. The molecule has 1 aromatic heterocycles. The largest absolute Gasteiger partial charge is 0.493 e. The molecule has 0 saturated carbocycles. The fourth-order valence-electron chi connectivity index (χ4n) is 1.88. The van der Waals surface area contributed by atoms with Crippen LogP contribution in [0.3, 0.4) is 0 Å². The maximum atomic E-state index is 5.29. The van der Waals surface area contributed by atoms with Crippen molar-refractivity contribution in [1.29, 1.82) is 0 Å². The van der Waals surface area contributed by atoms with Crippen LogP contribution in [0.25, 0.3) is 0 Å². The molecule has 1 aromatic carbocycles. The smallest absolute Gasteiger partial charge is 0.187 e. The number of thiazole rings is 1. The zero-order chi connectivity index (χ0) is 15.1. The van der Waals surface area contributed by atoms with Crippen molar-refractivity contribution >= 4 is 22.2 Å². The number of hydrogen-bond donors (Lipinski definition) is 2. The van der Waals surface area contributed by atoms with Gasteiger partial charge in [0, 0.05) is 23.7 Å². The van der Waals surface area contributed by atoms with E-state index in [1.54, 1.807) is 25.6 Å². The summed E-state index contributed by atoms with van der Waals surface area (Å²) in [7, 11) is 3.25. The van der Waals surface area contributed by atoms with Gasteiger partial charge in [0.15, 0.2) is 16.6 Å². The number of aromatic nitrogens is 1. The third kappa shape index (κ3) is 4.34. The molecule has 21 heavy (non-hydrogen) atoms. The number of anilines is 2. The van der Waals surface area contributed by atoms with E-state index in [0.29, 0.717) is 11.5 Å². The molecule has 1 heterocycles. The molecule has 0 radical (unpaired) electrons. The van der Waals surface area contributed by atoms with Crippen LogP contribution in [-0.2, 0) is 6.54 Å². The van der Waals surface area contributed by atoms with E-state index in [2.05, 4.69) is 27.9 Å². The van der Waals surface area contributed by atoms with E-state index in [4.69, 9.17) is 9.47 Å². The third-order valence-electron chi connectivity index (χ3n) is 2.92. The summed E-state index contributed by atoms with van der Waals surface area (Å²) in [5, 5.41) is 9.56. The van der Waals surface area contributed by atoms with Crippen molar-refractivity contribution in [2.24, 2.45) is 0 Å². The van der Waals surface area contributed by atoms with Gasteiger partial charge in [0.2, 0.25) is 0 Å². The van der Waals surface area contributed by atoms with E-state index in [1.165, 1.54) is 0 Å². The molecule has 0 saturated heterocycles. The first-order chi connectivity index (χ1) is 10.3. The van der Waals surface area contributed by atoms with Crippen LogP contribution in [0.2, 0.25) is 0 Å². The van der Waals surface area contributed by atoms with Gasteiger partial charge in [-0.1, -0.05) is 6.92 Å². The van der Waals surface area contributed by atoms with Gasteiger partial charge < -0.3 is 20.1 Å². The molecule has 0 aliphatic heterocycles. The standard InChI is InChI=1S/C15H21N3O2S/c1-4-7-16-9-12-10-21-15(18-12)17-11-5-6-13(19-2)14(8-11)20-3/h5-6,8,10,16H,4,7,9H2,1-3H3,(H,17,18). The normalized spacial score (nSPS) is 10.4. The molecule has 5 nitrogen and oxygen atoms in total. The average molecular weight is 307 g/mol. The van der Waals surface area contributed by atoms with Crippen molar-refractivity contribution in [2.45, 2.75) is 19.9 Å². The Labute approximate surface area is 129 Å². The Bertz CT molecular complexity index is 572. The van der Waals surface area contributed by atoms with Crippen molar-refractivity contribution in [3.63, 3.8) is 0 Å². The average Bonchev–Trinajstić information content (AvgIpc) is 2.95. The zero-order valence-electron chi connectivity index (χ0n) is 12.6. The molecule has 0 atom stereocenters. The summed E-state index contributed by atoms with van der Waals surface area (Å²) in [5.74, 6) is 1.41. The fourth-order valence-corrected chi connectivity index (χ4v) is 2.61.